The van der Waals surface area contributed by atoms with Gasteiger partial charge >= 0.3 is 0 Å². The highest BCUT2D eigenvalue weighted by molar-refractivity contribution is 9.10. The molecule has 2 N–H and O–H groups in total. The van der Waals surface area contributed by atoms with Crippen LogP contribution in [0.5, 0.6) is 0 Å². The minimum absolute atomic E-state index is 0.267. The van der Waals surface area contributed by atoms with Crippen LogP contribution in [0.3, 0.4) is 0 Å². The number of aromatic nitrogens is 2. The molecule has 0 aliphatic heterocycles. The summed E-state index contributed by atoms with van der Waals surface area (Å²) in [6.07, 6.45) is 8.20. The maximum atomic E-state index is 12.6. The average Bonchev–Trinajstić information content (AvgIpc) is 3.38. The summed E-state index contributed by atoms with van der Waals surface area (Å²) < 4.78 is 2.02. The number of aryl methyl sites for hydroxylation is 2. The normalized spacial score (nSPS) is 14.2. The highest BCUT2D eigenvalue weighted by Crippen LogP contribution is 2.46. The third kappa shape index (κ3) is 14.7. The van der Waals surface area contributed by atoms with Gasteiger partial charge in [-0.3, -0.25) is 0 Å². The lowest BCUT2D eigenvalue weighted by Crippen LogP contribution is -2.40. The molecule has 376 valence electrons. The van der Waals surface area contributed by atoms with Crippen molar-refractivity contribution >= 4 is 100 Å². The predicted molar refractivity (Wildman–Crippen MR) is 315 cm³/mol. The first-order valence-electron chi connectivity index (χ1n) is 24.2. The Balaban J connectivity index is 0.000000211. The van der Waals surface area contributed by atoms with Crippen LogP contribution < -0.4 is 0 Å². The number of rotatable bonds is 20. The molecule has 2 aromatic heterocycles. The molecule has 72 heavy (non-hydrogen) atoms. The first-order chi connectivity index (χ1) is 34.6. The molecular weight excluding hydrogens is 1100 g/mol. The number of hydrogen-bond donors (Lipinski definition) is 2. The van der Waals surface area contributed by atoms with Gasteiger partial charge in [-0.25, -0.2) is 9.97 Å². The van der Waals surface area contributed by atoms with E-state index in [1.165, 1.54) is 11.1 Å². The number of pyridine rings is 2. The van der Waals surface area contributed by atoms with Crippen molar-refractivity contribution < 1.29 is 10.2 Å². The molecule has 0 aliphatic carbocycles. The fraction of sp³-hybridized carbons (Fsp3) is 0.300. The minimum atomic E-state index is -1.00. The van der Waals surface area contributed by atoms with Crippen molar-refractivity contribution in [2.45, 2.75) is 71.6 Å². The number of nitrogens with zero attached hydrogens (tertiary/aromatic N) is 4. The summed E-state index contributed by atoms with van der Waals surface area (Å²) in [5, 5.41) is 30.5. The Hall–Kier alpha value is -3.78. The zero-order valence-electron chi connectivity index (χ0n) is 41.8. The molecule has 8 aromatic rings. The van der Waals surface area contributed by atoms with Crippen molar-refractivity contribution in [2.75, 3.05) is 53.8 Å². The Morgan fingerprint density at radius 2 is 0.861 bits per heavy atom. The standard InChI is InChI=1S/2C30H32BrClN2OS/c2*1-34(2)18-17-30(35,16-15-21-7-5-4-6-8-21)28(22-9-12-25(32)13-10-22)26-20-23-19-24(31)11-14-27(23)33-29(26)36-3/h2*4-14,19-20,28,35H,15-18H2,1-3H3. The molecule has 4 unspecified atom stereocenters. The number of halogens is 4. The second-order valence-electron chi connectivity index (χ2n) is 19.1. The first-order valence-corrected chi connectivity index (χ1v) is 29.0. The lowest BCUT2D eigenvalue weighted by Gasteiger charge is -2.39. The predicted octanol–water partition coefficient (Wildman–Crippen LogP) is 15.6. The monoisotopic (exact) mass is 1160 g/mol. The lowest BCUT2D eigenvalue weighted by atomic mass is 9.73. The number of benzene rings is 6. The highest BCUT2D eigenvalue weighted by atomic mass is 79.9. The van der Waals surface area contributed by atoms with Gasteiger partial charge in [0.2, 0.25) is 0 Å². The van der Waals surface area contributed by atoms with E-state index in [1.807, 2.05) is 84.9 Å². The van der Waals surface area contributed by atoms with Crippen LogP contribution >= 0.6 is 78.6 Å². The van der Waals surface area contributed by atoms with E-state index >= 15 is 0 Å². The number of thioether (sulfide) groups is 2. The van der Waals surface area contributed by atoms with Gasteiger partial charge in [-0.15, -0.1) is 23.5 Å². The van der Waals surface area contributed by atoms with Gasteiger partial charge in [-0.05, 0) is 185 Å². The zero-order chi connectivity index (χ0) is 51.4. The molecule has 8 rings (SSSR count). The van der Waals surface area contributed by atoms with E-state index in [4.69, 9.17) is 33.2 Å². The van der Waals surface area contributed by atoms with Crippen molar-refractivity contribution in [2.24, 2.45) is 0 Å². The molecule has 4 atom stereocenters. The zero-order valence-corrected chi connectivity index (χ0v) is 48.2. The molecular formula is C60H64Br2Cl2N4O2S2. The van der Waals surface area contributed by atoms with E-state index in [9.17, 15) is 10.2 Å². The highest BCUT2D eigenvalue weighted by Gasteiger charge is 2.41. The van der Waals surface area contributed by atoms with Gasteiger partial charge in [-0.1, -0.05) is 140 Å². The van der Waals surface area contributed by atoms with Gasteiger partial charge in [0.25, 0.3) is 0 Å². The van der Waals surface area contributed by atoms with Crippen LogP contribution in [0.15, 0.2) is 177 Å². The average molecular weight is 1170 g/mol. The van der Waals surface area contributed by atoms with Gasteiger partial charge in [0, 0.05) is 54.7 Å². The molecule has 0 radical (unpaired) electrons. The van der Waals surface area contributed by atoms with Crippen molar-refractivity contribution in [3.63, 3.8) is 0 Å². The molecule has 0 bridgehead atoms. The smallest absolute Gasteiger partial charge is 0.100 e. The topological polar surface area (TPSA) is 72.7 Å². The van der Waals surface area contributed by atoms with Crippen molar-refractivity contribution in [1.29, 1.82) is 0 Å². The van der Waals surface area contributed by atoms with E-state index in [1.54, 1.807) is 23.5 Å². The Bertz CT molecular complexity index is 2800. The quantitative estimate of drug-likeness (QED) is 0.0732. The molecule has 6 nitrogen and oxygen atoms in total. The minimum Gasteiger partial charge on any atom is -0.389 e. The van der Waals surface area contributed by atoms with E-state index in [2.05, 4.69) is 155 Å². The maximum Gasteiger partial charge on any atom is 0.100 e. The summed E-state index contributed by atoms with van der Waals surface area (Å²) in [6.45, 7) is 1.55. The summed E-state index contributed by atoms with van der Waals surface area (Å²) in [4.78, 5) is 14.3. The fourth-order valence-electron chi connectivity index (χ4n) is 9.57. The Kier molecular flexibility index (Phi) is 20.3. The van der Waals surface area contributed by atoms with E-state index in [-0.39, 0.29) is 11.8 Å². The Morgan fingerprint density at radius 3 is 1.19 bits per heavy atom. The molecule has 2 heterocycles. The van der Waals surface area contributed by atoms with E-state index in [0.29, 0.717) is 35.7 Å². The molecule has 0 saturated carbocycles. The second kappa shape index (κ2) is 26.1. The Labute approximate surface area is 462 Å². The van der Waals surface area contributed by atoms with Crippen LogP contribution in [0, 0.1) is 0 Å². The summed E-state index contributed by atoms with van der Waals surface area (Å²) in [7, 11) is 8.21. The van der Waals surface area contributed by atoms with Gasteiger partial charge in [0.15, 0.2) is 0 Å². The number of hydrogen-bond acceptors (Lipinski definition) is 8. The van der Waals surface area contributed by atoms with E-state index < -0.39 is 11.2 Å². The van der Waals surface area contributed by atoms with Crippen LogP contribution in [0.2, 0.25) is 10.0 Å². The molecule has 0 fully saturated rings. The van der Waals surface area contributed by atoms with Crippen LogP contribution in [-0.4, -0.2) is 95.0 Å². The molecule has 0 spiro atoms. The van der Waals surface area contributed by atoms with Crippen LogP contribution in [0.25, 0.3) is 21.8 Å². The number of fused-ring (bicyclic) bond motifs is 2. The molecule has 0 saturated heterocycles. The van der Waals surface area contributed by atoms with Gasteiger partial charge in [0.1, 0.15) is 10.1 Å². The summed E-state index contributed by atoms with van der Waals surface area (Å²) in [5.74, 6) is -0.534. The van der Waals surface area contributed by atoms with E-state index in [0.717, 1.165) is 89.0 Å². The number of aliphatic hydroxyl groups is 2. The van der Waals surface area contributed by atoms with Crippen LogP contribution in [0.4, 0.5) is 0 Å². The second-order valence-corrected chi connectivity index (χ2v) is 23.4. The van der Waals surface area contributed by atoms with Crippen molar-refractivity contribution in [3.8, 4) is 0 Å². The van der Waals surface area contributed by atoms with Gasteiger partial charge in [-0.2, -0.15) is 0 Å². The van der Waals surface area contributed by atoms with Crippen molar-refractivity contribution in [3.05, 3.63) is 210 Å². The third-order valence-electron chi connectivity index (χ3n) is 13.4. The summed E-state index contributed by atoms with van der Waals surface area (Å²) in [5.41, 5.74) is 6.52. The Morgan fingerprint density at radius 1 is 0.500 bits per heavy atom. The van der Waals surface area contributed by atoms with Crippen LogP contribution in [0.1, 0.15) is 70.9 Å². The third-order valence-corrected chi connectivity index (χ3v) is 16.3. The fourth-order valence-corrected chi connectivity index (χ4v) is 11.8. The maximum absolute atomic E-state index is 12.6. The van der Waals surface area contributed by atoms with Gasteiger partial charge in [0.05, 0.1) is 22.2 Å². The van der Waals surface area contributed by atoms with Crippen LogP contribution in [-0.2, 0) is 12.8 Å². The van der Waals surface area contributed by atoms with Crippen molar-refractivity contribution in [1.82, 2.24) is 19.8 Å². The molecule has 0 aliphatic rings. The summed E-state index contributed by atoms with van der Waals surface area (Å²) in [6, 6.07) is 53.4. The first kappa shape index (κ1) is 56.0. The largest absolute Gasteiger partial charge is 0.389 e. The van der Waals surface area contributed by atoms with Gasteiger partial charge < -0.3 is 20.0 Å². The SMILES string of the molecule is CSc1nc2ccc(Br)cc2cc1C(c1ccc(Cl)cc1)C(O)(CCc1ccccc1)CCN(C)C.CSc1nc2ccc(Br)cc2cc1C(c1ccc(Cl)cc1)C(O)(CCc1ccccc1)CCN(C)C. The summed E-state index contributed by atoms with van der Waals surface area (Å²) >= 11 is 23.0. The molecule has 12 heteroatoms. The molecule has 0 amide bonds. The lowest BCUT2D eigenvalue weighted by molar-refractivity contribution is 0.000327. The molecule has 6 aromatic carbocycles.